The molecule has 1 fully saturated rings. The quantitative estimate of drug-likeness (QED) is 0.281. The summed E-state index contributed by atoms with van der Waals surface area (Å²) < 4.78 is 70.6. The third kappa shape index (κ3) is 3.60. The van der Waals surface area contributed by atoms with Crippen LogP contribution in [0.1, 0.15) is 55.6 Å². The number of halogens is 5. The number of rotatable bonds is 4. The van der Waals surface area contributed by atoms with Crippen molar-refractivity contribution in [3.8, 4) is 11.1 Å². The van der Waals surface area contributed by atoms with Crippen LogP contribution in [-0.4, -0.2) is 0 Å². The molecule has 0 spiro atoms. The second-order valence-electron chi connectivity index (χ2n) is 8.32. The lowest BCUT2D eigenvalue weighted by molar-refractivity contribution is 0.201. The average Bonchev–Trinajstić information content (AvgIpc) is 2.70. The summed E-state index contributed by atoms with van der Waals surface area (Å²) in [5.74, 6) is -5.09. The predicted molar refractivity (Wildman–Crippen MR) is 103 cm³/mol. The van der Waals surface area contributed by atoms with Gasteiger partial charge in [0.2, 0.25) is 0 Å². The Morgan fingerprint density at radius 1 is 0.897 bits per heavy atom. The van der Waals surface area contributed by atoms with Crippen molar-refractivity contribution in [2.24, 2.45) is 11.8 Å². The fraction of sp³-hybridized carbons (Fsp3) is 0.417. The Labute approximate surface area is 167 Å². The highest BCUT2D eigenvalue weighted by Gasteiger charge is 2.37. The zero-order valence-electron chi connectivity index (χ0n) is 16.1. The maximum absolute atomic E-state index is 15.3. The van der Waals surface area contributed by atoms with Crippen molar-refractivity contribution < 1.29 is 22.0 Å². The summed E-state index contributed by atoms with van der Waals surface area (Å²) in [5, 5.41) is 0. The van der Waals surface area contributed by atoms with E-state index in [4.69, 9.17) is 0 Å². The van der Waals surface area contributed by atoms with Gasteiger partial charge in [0, 0.05) is 0 Å². The van der Waals surface area contributed by atoms with Crippen LogP contribution in [0.2, 0.25) is 0 Å². The van der Waals surface area contributed by atoms with Gasteiger partial charge in [-0.3, -0.25) is 0 Å². The topological polar surface area (TPSA) is 0 Å². The van der Waals surface area contributed by atoms with Crippen molar-refractivity contribution >= 4 is 0 Å². The summed E-state index contributed by atoms with van der Waals surface area (Å²) in [6.07, 6.45) is 8.25. The maximum Gasteiger partial charge on any atom is 0.194 e. The SMILES string of the molecule is C=CCC[C@@H]1CC[C@@H]2c3cc(F)c(-c4cc(F)c(F)c(F)c4)c(F)c3CC[C@@H]2C1. The highest BCUT2D eigenvalue weighted by atomic mass is 19.2. The van der Waals surface area contributed by atoms with Gasteiger partial charge in [-0.15, -0.1) is 6.58 Å². The van der Waals surface area contributed by atoms with Crippen molar-refractivity contribution in [1.82, 2.24) is 0 Å². The third-order valence-electron chi connectivity index (χ3n) is 6.66. The molecule has 2 aliphatic rings. The Morgan fingerprint density at radius 2 is 1.62 bits per heavy atom. The molecule has 2 aliphatic carbocycles. The molecule has 0 amide bonds. The molecule has 0 bridgehead atoms. The van der Waals surface area contributed by atoms with Gasteiger partial charge in [0.15, 0.2) is 17.5 Å². The second kappa shape index (κ2) is 7.92. The minimum absolute atomic E-state index is 0.110. The van der Waals surface area contributed by atoms with Crippen molar-refractivity contribution in [1.29, 1.82) is 0 Å². The van der Waals surface area contributed by atoms with Crippen molar-refractivity contribution in [3.63, 3.8) is 0 Å². The molecule has 1 saturated carbocycles. The van der Waals surface area contributed by atoms with Gasteiger partial charge in [0.1, 0.15) is 11.6 Å². The molecule has 0 nitrogen and oxygen atoms in total. The van der Waals surface area contributed by atoms with E-state index in [2.05, 4.69) is 6.58 Å². The van der Waals surface area contributed by atoms with Crippen LogP contribution in [0, 0.1) is 40.9 Å². The van der Waals surface area contributed by atoms with Crippen molar-refractivity contribution in [2.75, 3.05) is 0 Å². The van der Waals surface area contributed by atoms with E-state index in [1.807, 2.05) is 6.08 Å². The summed E-state index contributed by atoms with van der Waals surface area (Å²) in [4.78, 5) is 0. The summed E-state index contributed by atoms with van der Waals surface area (Å²) in [5.41, 5.74) is 0.302. The van der Waals surface area contributed by atoms with Gasteiger partial charge in [-0.05, 0) is 97.6 Å². The van der Waals surface area contributed by atoms with Crippen LogP contribution in [0.5, 0.6) is 0 Å². The Bertz CT molecular complexity index is 926. The van der Waals surface area contributed by atoms with E-state index in [-0.39, 0.29) is 11.5 Å². The van der Waals surface area contributed by atoms with Crippen LogP contribution in [0.4, 0.5) is 22.0 Å². The highest BCUT2D eigenvalue weighted by Crippen LogP contribution is 2.49. The predicted octanol–water partition coefficient (Wildman–Crippen LogP) is 7.46. The molecule has 5 heteroatoms. The molecule has 29 heavy (non-hydrogen) atoms. The third-order valence-corrected chi connectivity index (χ3v) is 6.66. The second-order valence-corrected chi connectivity index (χ2v) is 8.32. The largest absolute Gasteiger partial charge is 0.206 e. The van der Waals surface area contributed by atoms with E-state index in [0.29, 0.717) is 41.5 Å². The van der Waals surface area contributed by atoms with Crippen LogP contribution in [-0.2, 0) is 6.42 Å². The van der Waals surface area contributed by atoms with E-state index in [1.165, 1.54) is 6.07 Å². The molecule has 3 atom stereocenters. The fourth-order valence-electron chi connectivity index (χ4n) is 5.26. The van der Waals surface area contributed by atoms with E-state index in [9.17, 15) is 17.6 Å². The minimum atomic E-state index is -1.65. The Balaban J connectivity index is 1.69. The van der Waals surface area contributed by atoms with Crippen LogP contribution in [0.25, 0.3) is 11.1 Å². The van der Waals surface area contributed by atoms with Gasteiger partial charge in [-0.2, -0.15) is 0 Å². The summed E-state index contributed by atoms with van der Waals surface area (Å²) in [6, 6.07) is 2.61. The van der Waals surface area contributed by atoms with E-state index in [0.717, 1.165) is 38.5 Å². The first kappa shape index (κ1) is 20.1. The van der Waals surface area contributed by atoms with E-state index in [1.54, 1.807) is 0 Å². The minimum Gasteiger partial charge on any atom is -0.206 e. The molecule has 0 aromatic heterocycles. The molecule has 0 unspecified atom stereocenters. The summed E-state index contributed by atoms with van der Waals surface area (Å²) >= 11 is 0. The van der Waals surface area contributed by atoms with Crippen LogP contribution >= 0.6 is 0 Å². The fourth-order valence-corrected chi connectivity index (χ4v) is 5.26. The number of hydrogen-bond acceptors (Lipinski definition) is 0. The number of benzene rings is 2. The zero-order chi connectivity index (χ0) is 20.7. The van der Waals surface area contributed by atoms with Crippen LogP contribution in [0.3, 0.4) is 0 Å². The van der Waals surface area contributed by atoms with Crippen LogP contribution in [0.15, 0.2) is 30.9 Å². The number of fused-ring (bicyclic) bond motifs is 3. The first-order valence-electron chi connectivity index (χ1n) is 10.2. The zero-order valence-corrected chi connectivity index (χ0v) is 16.1. The molecule has 154 valence electrons. The van der Waals surface area contributed by atoms with E-state index < -0.39 is 34.6 Å². The van der Waals surface area contributed by atoms with Gasteiger partial charge >= 0.3 is 0 Å². The van der Waals surface area contributed by atoms with Gasteiger partial charge in [0.25, 0.3) is 0 Å². The number of allylic oxidation sites excluding steroid dienone is 1. The van der Waals surface area contributed by atoms with Crippen LogP contribution < -0.4 is 0 Å². The summed E-state index contributed by atoms with van der Waals surface area (Å²) in [6.45, 7) is 3.77. The lowest BCUT2D eigenvalue weighted by Crippen LogP contribution is -2.29. The average molecular weight is 406 g/mol. The molecule has 0 radical (unpaired) electrons. The summed E-state index contributed by atoms with van der Waals surface area (Å²) in [7, 11) is 0. The Kier molecular flexibility index (Phi) is 5.50. The van der Waals surface area contributed by atoms with Gasteiger partial charge in [-0.25, -0.2) is 22.0 Å². The standard InChI is InChI=1S/C24H23F5/c1-2-3-4-13-5-7-16-14(9-13)6-8-17-18(16)12-19(25)22(23(17)28)15-10-20(26)24(29)21(27)11-15/h2,10-14,16H,1,3-9H2/t13-,14-,16+/m1/s1. The molecule has 0 N–H and O–H groups in total. The highest BCUT2D eigenvalue weighted by molar-refractivity contribution is 5.67. The monoisotopic (exact) mass is 406 g/mol. The Hall–Kier alpha value is -2.17. The van der Waals surface area contributed by atoms with Crippen molar-refractivity contribution in [2.45, 2.75) is 50.9 Å². The van der Waals surface area contributed by atoms with Gasteiger partial charge < -0.3 is 0 Å². The molecule has 4 rings (SSSR count). The smallest absolute Gasteiger partial charge is 0.194 e. The molecule has 0 aliphatic heterocycles. The molecular formula is C24H23F5. The number of hydrogen-bond donors (Lipinski definition) is 0. The lowest BCUT2D eigenvalue weighted by Gasteiger charge is -2.41. The molecule has 0 saturated heterocycles. The molecule has 2 aromatic rings. The molecular weight excluding hydrogens is 383 g/mol. The molecule has 0 heterocycles. The van der Waals surface area contributed by atoms with Crippen molar-refractivity contribution in [3.05, 3.63) is 71.1 Å². The normalized spacial score (nSPS) is 23.4. The first-order chi connectivity index (χ1) is 13.9. The first-order valence-corrected chi connectivity index (χ1v) is 10.2. The lowest BCUT2D eigenvalue weighted by atomic mass is 9.64. The van der Waals surface area contributed by atoms with Gasteiger partial charge in [-0.1, -0.05) is 6.08 Å². The molecule has 2 aromatic carbocycles. The maximum atomic E-state index is 15.3. The Morgan fingerprint density at radius 3 is 2.31 bits per heavy atom. The van der Waals surface area contributed by atoms with Gasteiger partial charge in [0.05, 0.1) is 5.56 Å². The van der Waals surface area contributed by atoms with E-state index >= 15 is 4.39 Å².